The third kappa shape index (κ3) is 4.50. The number of nitrogens with two attached hydrogens (primary N) is 1. The number of amides is 1. The third-order valence-electron chi connectivity index (χ3n) is 4.47. The molecule has 2 aromatic rings. The minimum absolute atomic E-state index is 0. The Hall–Kier alpha value is -1.21. The summed E-state index contributed by atoms with van der Waals surface area (Å²) in [6.07, 6.45) is 2.58. The maximum atomic E-state index is 12.9. The lowest BCUT2D eigenvalue weighted by Gasteiger charge is -2.42. The quantitative estimate of drug-likeness (QED) is 0.832. The SMILES string of the molecule is Cc1nc(-c2ccccn2)sc1C(=O)N1CCC(N)C(C)(C)C1.Cl.Cl. The lowest BCUT2D eigenvalue weighted by molar-refractivity contribution is 0.0536. The number of likely N-dealkylation sites (tertiary alicyclic amines) is 1. The second-order valence-electron chi connectivity index (χ2n) is 6.76. The van der Waals surface area contributed by atoms with Gasteiger partial charge in [0.2, 0.25) is 0 Å². The topological polar surface area (TPSA) is 72.1 Å². The van der Waals surface area contributed by atoms with Gasteiger partial charge in [-0.3, -0.25) is 9.78 Å². The van der Waals surface area contributed by atoms with Gasteiger partial charge >= 0.3 is 0 Å². The largest absolute Gasteiger partial charge is 0.337 e. The van der Waals surface area contributed by atoms with Crippen LogP contribution in [0.4, 0.5) is 0 Å². The fraction of sp³-hybridized carbons (Fsp3) is 0.471. The van der Waals surface area contributed by atoms with Crippen molar-refractivity contribution in [2.24, 2.45) is 11.1 Å². The van der Waals surface area contributed by atoms with Gasteiger partial charge in [-0.1, -0.05) is 19.9 Å². The number of halogens is 2. The van der Waals surface area contributed by atoms with Crippen molar-refractivity contribution in [1.82, 2.24) is 14.9 Å². The number of pyridine rings is 1. The van der Waals surface area contributed by atoms with Gasteiger partial charge in [-0.05, 0) is 30.9 Å². The lowest BCUT2D eigenvalue weighted by Crippen LogP contribution is -2.53. The number of carbonyl (C=O) groups excluding carboxylic acids is 1. The van der Waals surface area contributed by atoms with Gasteiger partial charge in [0, 0.05) is 25.3 Å². The fourth-order valence-corrected chi connectivity index (χ4v) is 3.90. The zero-order valence-electron chi connectivity index (χ0n) is 14.6. The minimum Gasteiger partial charge on any atom is -0.337 e. The van der Waals surface area contributed by atoms with Crippen LogP contribution in [0, 0.1) is 12.3 Å². The van der Waals surface area contributed by atoms with Crippen LogP contribution in [-0.2, 0) is 0 Å². The van der Waals surface area contributed by atoms with E-state index < -0.39 is 0 Å². The van der Waals surface area contributed by atoms with Crippen LogP contribution in [0.3, 0.4) is 0 Å². The van der Waals surface area contributed by atoms with Crippen LogP contribution in [0.1, 0.15) is 35.6 Å². The Balaban J connectivity index is 0.00000156. The summed E-state index contributed by atoms with van der Waals surface area (Å²) in [4.78, 5) is 24.4. The van der Waals surface area contributed by atoms with Gasteiger partial charge in [0.15, 0.2) is 0 Å². The summed E-state index contributed by atoms with van der Waals surface area (Å²) in [6, 6.07) is 5.85. The molecule has 8 heteroatoms. The van der Waals surface area contributed by atoms with Crippen LogP contribution in [0.5, 0.6) is 0 Å². The second-order valence-corrected chi connectivity index (χ2v) is 7.76. The Labute approximate surface area is 164 Å². The van der Waals surface area contributed by atoms with Gasteiger partial charge in [0.05, 0.1) is 11.4 Å². The second kappa shape index (κ2) is 8.45. The molecular formula is C17H24Cl2N4OS. The Kier molecular flexibility index (Phi) is 7.38. The van der Waals surface area contributed by atoms with Crippen molar-refractivity contribution >= 4 is 42.1 Å². The number of aryl methyl sites for hydroxylation is 1. The van der Waals surface area contributed by atoms with Gasteiger partial charge < -0.3 is 10.6 Å². The van der Waals surface area contributed by atoms with Gasteiger partial charge in [0.1, 0.15) is 9.88 Å². The monoisotopic (exact) mass is 402 g/mol. The molecule has 0 aliphatic carbocycles. The molecule has 1 saturated heterocycles. The standard InChI is InChI=1S/C17H22N4OS.2ClH/c1-11-14(23-15(20-11)12-6-4-5-8-19-12)16(22)21-9-7-13(18)17(2,3)10-21;;/h4-6,8,13H,7,9-10,18H2,1-3H3;2*1H. The van der Waals surface area contributed by atoms with Crippen LogP contribution in [0.25, 0.3) is 10.7 Å². The zero-order valence-corrected chi connectivity index (χ0v) is 17.0. The number of thiazole rings is 1. The molecule has 25 heavy (non-hydrogen) atoms. The molecule has 1 aliphatic heterocycles. The number of nitrogens with zero attached hydrogens (tertiary/aromatic N) is 3. The molecule has 3 rings (SSSR count). The average molecular weight is 403 g/mol. The van der Waals surface area contributed by atoms with E-state index in [-0.39, 0.29) is 42.2 Å². The van der Waals surface area contributed by atoms with Gasteiger partial charge in [-0.25, -0.2) is 4.98 Å². The van der Waals surface area contributed by atoms with Gasteiger partial charge in [0.25, 0.3) is 5.91 Å². The van der Waals surface area contributed by atoms with Crippen LogP contribution in [0.2, 0.25) is 0 Å². The minimum atomic E-state index is -0.0592. The van der Waals surface area contributed by atoms with Crippen molar-refractivity contribution in [3.05, 3.63) is 35.0 Å². The van der Waals surface area contributed by atoms with E-state index in [1.165, 1.54) is 11.3 Å². The summed E-state index contributed by atoms with van der Waals surface area (Å²) < 4.78 is 0. The van der Waals surface area contributed by atoms with E-state index in [2.05, 4.69) is 23.8 Å². The van der Waals surface area contributed by atoms with E-state index >= 15 is 0 Å². The number of carbonyl (C=O) groups is 1. The number of aromatic nitrogens is 2. The Bertz CT molecular complexity index is 721. The summed E-state index contributed by atoms with van der Waals surface area (Å²) in [6.45, 7) is 7.52. The van der Waals surface area contributed by atoms with E-state index in [9.17, 15) is 4.79 Å². The summed E-state index contributed by atoms with van der Waals surface area (Å²) in [7, 11) is 0. The van der Waals surface area contributed by atoms with Crippen molar-refractivity contribution < 1.29 is 4.79 Å². The number of rotatable bonds is 2. The molecule has 2 aromatic heterocycles. The molecule has 5 nitrogen and oxygen atoms in total. The maximum Gasteiger partial charge on any atom is 0.265 e. The highest BCUT2D eigenvalue weighted by molar-refractivity contribution is 7.17. The first-order valence-electron chi connectivity index (χ1n) is 7.82. The smallest absolute Gasteiger partial charge is 0.265 e. The molecule has 0 radical (unpaired) electrons. The normalized spacial score (nSPS) is 18.9. The van der Waals surface area contributed by atoms with Crippen molar-refractivity contribution in [1.29, 1.82) is 0 Å². The molecule has 1 fully saturated rings. The number of hydrogen-bond acceptors (Lipinski definition) is 5. The van der Waals surface area contributed by atoms with Crippen LogP contribution in [0.15, 0.2) is 24.4 Å². The Morgan fingerprint density at radius 3 is 2.68 bits per heavy atom. The van der Waals surface area contributed by atoms with Crippen LogP contribution < -0.4 is 5.73 Å². The highest BCUT2D eigenvalue weighted by Gasteiger charge is 2.36. The zero-order chi connectivity index (χ0) is 16.6. The number of hydrogen-bond donors (Lipinski definition) is 1. The predicted octanol–water partition coefficient (Wildman–Crippen LogP) is 3.56. The molecule has 1 amide bonds. The molecule has 0 saturated carbocycles. The first kappa shape index (κ1) is 21.8. The van der Waals surface area contributed by atoms with Crippen molar-refractivity contribution in [2.75, 3.05) is 13.1 Å². The summed E-state index contributed by atoms with van der Waals surface area (Å²) in [5.41, 5.74) is 7.69. The first-order valence-corrected chi connectivity index (χ1v) is 8.64. The summed E-state index contributed by atoms with van der Waals surface area (Å²) in [5.74, 6) is 0.0576. The van der Waals surface area contributed by atoms with E-state index in [1.54, 1.807) is 6.20 Å². The molecular weight excluding hydrogens is 379 g/mol. The lowest BCUT2D eigenvalue weighted by atomic mass is 9.79. The number of piperidine rings is 1. The molecule has 1 unspecified atom stereocenters. The van der Waals surface area contributed by atoms with Gasteiger partial charge in [-0.15, -0.1) is 36.2 Å². The molecule has 0 bridgehead atoms. The third-order valence-corrected chi connectivity index (χ3v) is 5.64. The van der Waals surface area contributed by atoms with E-state index in [4.69, 9.17) is 5.73 Å². The highest BCUT2D eigenvalue weighted by atomic mass is 35.5. The Morgan fingerprint density at radius 2 is 2.08 bits per heavy atom. The van der Waals surface area contributed by atoms with E-state index in [0.717, 1.165) is 22.8 Å². The van der Waals surface area contributed by atoms with Crippen LogP contribution >= 0.6 is 36.2 Å². The first-order chi connectivity index (χ1) is 10.9. The molecule has 138 valence electrons. The van der Waals surface area contributed by atoms with Gasteiger partial charge in [-0.2, -0.15) is 0 Å². The molecule has 1 aliphatic rings. The highest BCUT2D eigenvalue weighted by Crippen LogP contribution is 2.32. The van der Waals surface area contributed by atoms with Crippen molar-refractivity contribution in [3.8, 4) is 10.7 Å². The van der Waals surface area contributed by atoms with Crippen molar-refractivity contribution in [2.45, 2.75) is 33.2 Å². The Morgan fingerprint density at radius 1 is 1.36 bits per heavy atom. The molecule has 2 N–H and O–H groups in total. The maximum absolute atomic E-state index is 12.9. The van der Waals surface area contributed by atoms with E-state index in [0.29, 0.717) is 18.0 Å². The predicted molar refractivity (Wildman–Crippen MR) is 107 cm³/mol. The van der Waals surface area contributed by atoms with E-state index in [1.807, 2.05) is 30.0 Å². The average Bonchev–Trinajstić information content (AvgIpc) is 2.92. The van der Waals surface area contributed by atoms with Crippen LogP contribution in [-0.4, -0.2) is 39.9 Å². The van der Waals surface area contributed by atoms with Crippen molar-refractivity contribution in [3.63, 3.8) is 0 Å². The molecule has 3 heterocycles. The fourth-order valence-electron chi connectivity index (χ4n) is 2.88. The summed E-state index contributed by atoms with van der Waals surface area (Å²) in [5, 5.41) is 0.791. The molecule has 1 atom stereocenters. The summed E-state index contributed by atoms with van der Waals surface area (Å²) >= 11 is 1.42. The molecule has 0 spiro atoms. The molecule has 0 aromatic carbocycles.